The third-order valence-corrected chi connectivity index (χ3v) is 6.10. The number of aromatic nitrogens is 4. The summed E-state index contributed by atoms with van der Waals surface area (Å²) >= 11 is 1.71. The second kappa shape index (κ2) is 6.51. The Morgan fingerprint density at radius 3 is 2.85 bits per heavy atom. The van der Waals surface area contributed by atoms with Crippen LogP contribution < -0.4 is 5.32 Å². The van der Waals surface area contributed by atoms with Gasteiger partial charge in [-0.25, -0.2) is 4.98 Å². The smallest absolute Gasteiger partial charge is 0.223 e. The molecule has 3 aromatic rings. The number of aryl methyl sites for hydroxylation is 3. The van der Waals surface area contributed by atoms with Crippen LogP contribution in [-0.4, -0.2) is 43.6 Å². The van der Waals surface area contributed by atoms with Gasteiger partial charge in [0.05, 0.1) is 23.6 Å². The van der Waals surface area contributed by atoms with Gasteiger partial charge in [0.15, 0.2) is 4.96 Å². The van der Waals surface area contributed by atoms with Gasteiger partial charge in [-0.2, -0.15) is 5.10 Å². The van der Waals surface area contributed by atoms with Gasteiger partial charge in [-0.3, -0.25) is 13.9 Å². The van der Waals surface area contributed by atoms with E-state index in [9.17, 15) is 4.79 Å². The molecule has 1 fully saturated rings. The average molecular weight is 372 g/mol. The fraction of sp³-hybridized carbons (Fsp3) is 0.500. The summed E-state index contributed by atoms with van der Waals surface area (Å²) in [4.78, 5) is 21.1. The van der Waals surface area contributed by atoms with Crippen molar-refractivity contribution in [2.24, 2.45) is 13.0 Å². The molecule has 1 aliphatic heterocycles. The van der Waals surface area contributed by atoms with Crippen LogP contribution in [0.15, 0.2) is 18.6 Å². The SMILES string of the molecule is Cc1cn2c(CNC[C@@H]3CC(=O)N(C)[C@H]3c3cnn(C)c3)c(C)nc2s1. The highest BCUT2D eigenvalue weighted by atomic mass is 32.1. The Labute approximate surface area is 156 Å². The molecule has 2 atom stereocenters. The Bertz CT molecular complexity index is 954. The summed E-state index contributed by atoms with van der Waals surface area (Å²) in [7, 11) is 3.79. The number of hydrogen-bond acceptors (Lipinski definition) is 5. The van der Waals surface area contributed by atoms with Crippen molar-refractivity contribution < 1.29 is 4.79 Å². The summed E-state index contributed by atoms with van der Waals surface area (Å²) < 4.78 is 3.97. The third-order valence-electron chi connectivity index (χ3n) is 5.20. The predicted octanol–water partition coefficient (Wildman–Crippen LogP) is 2.06. The monoisotopic (exact) mass is 372 g/mol. The minimum absolute atomic E-state index is 0.0821. The maximum atomic E-state index is 12.3. The molecule has 4 rings (SSSR count). The van der Waals surface area contributed by atoms with E-state index in [1.54, 1.807) is 16.0 Å². The number of amides is 1. The lowest BCUT2D eigenvalue weighted by atomic mass is 9.95. The lowest BCUT2D eigenvalue weighted by Gasteiger charge is -2.24. The van der Waals surface area contributed by atoms with E-state index in [0.29, 0.717) is 6.42 Å². The van der Waals surface area contributed by atoms with Crippen molar-refractivity contribution in [2.45, 2.75) is 32.9 Å². The molecule has 0 aliphatic carbocycles. The number of carbonyl (C=O) groups is 1. The standard InChI is InChI=1S/C18H24N6OS/c1-11-9-24-15(12(2)21-18(24)26-11)8-19-6-13-5-16(25)23(4)17(13)14-7-20-22(3)10-14/h7,9-10,13,17,19H,5-6,8H2,1-4H3/t13-,17+/m0/s1. The second-order valence-electron chi connectivity index (χ2n) is 7.13. The molecular formula is C18H24N6OS. The first kappa shape index (κ1) is 17.2. The normalized spacial score (nSPS) is 20.6. The summed E-state index contributed by atoms with van der Waals surface area (Å²) in [6, 6.07) is 0.0821. The van der Waals surface area contributed by atoms with Gasteiger partial charge >= 0.3 is 0 Å². The Hall–Kier alpha value is -2.19. The molecule has 1 N–H and O–H groups in total. The van der Waals surface area contributed by atoms with Crippen LogP contribution in [0, 0.1) is 19.8 Å². The summed E-state index contributed by atoms with van der Waals surface area (Å²) in [5, 5.41) is 7.83. The first-order valence-electron chi connectivity index (χ1n) is 8.83. The van der Waals surface area contributed by atoms with Crippen LogP contribution >= 0.6 is 11.3 Å². The predicted molar refractivity (Wildman–Crippen MR) is 101 cm³/mol. The van der Waals surface area contributed by atoms with Crippen LogP contribution in [0.25, 0.3) is 4.96 Å². The molecule has 8 heteroatoms. The summed E-state index contributed by atoms with van der Waals surface area (Å²) in [5.41, 5.74) is 3.36. The largest absolute Gasteiger partial charge is 0.338 e. The molecule has 26 heavy (non-hydrogen) atoms. The molecule has 0 unspecified atom stereocenters. The number of rotatable bonds is 5. The number of nitrogens with one attached hydrogen (secondary N) is 1. The van der Waals surface area contributed by atoms with E-state index in [2.05, 4.69) is 39.8 Å². The van der Waals surface area contributed by atoms with Crippen LogP contribution in [0.5, 0.6) is 0 Å². The lowest BCUT2D eigenvalue weighted by Crippen LogP contribution is -2.29. The van der Waals surface area contributed by atoms with E-state index in [4.69, 9.17) is 0 Å². The molecule has 0 radical (unpaired) electrons. The number of imidazole rings is 1. The third kappa shape index (κ3) is 2.93. The van der Waals surface area contributed by atoms with E-state index in [0.717, 1.165) is 29.3 Å². The topological polar surface area (TPSA) is 67.5 Å². The summed E-state index contributed by atoms with van der Waals surface area (Å²) in [6.07, 6.45) is 6.58. The Morgan fingerprint density at radius 1 is 1.31 bits per heavy atom. The summed E-state index contributed by atoms with van der Waals surface area (Å²) in [6.45, 7) is 5.69. The molecular weight excluding hydrogens is 348 g/mol. The van der Waals surface area contributed by atoms with Crippen molar-refractivity contribution in [1.82, 2.24) is 29.4 Å². The quantitative estimate of drug-likeness (QED) is 0.744. The number of carbonyl (C=O) groups excluding carboxylic acids is 1. The number of hydrogen-bond donors (Lipinski definition) is 1. The highest BCUT2D eigenvalue weighted by Crippen LogP contribution is 2.36. The minimum atomic E-state index is 0.0821. The van der Waals surface area contributed by atoms with Crippen molar-refractivity contribution in [3.05, 3.63) is 40.4 Å². The van der Waals surface area contributed by atoms with Gasteiger partial charge in [0.25, 0.3) is 0 Å². The zero-order valence-corrected chi connectivity index (χ0v) is 16.4. The molecule has 0 saturated carbocycles. The fourth-order valence-corrected chi connectivity index (χ4v) is 4.81. The zero-order valence-electron chi connectivity index (χ0n) is 15.6. The molecule has 3 aromatic heterocycles. The fourth-order valence-electron chi connectivity index (χ4n) is 3.92. The van der Waals surface area contributed by atoms with Crippen molar-refractivity contribution in [2.75, 3.05) is 13.6 Å². The van der Waals surface area contributed by atoms with Gasteiger partial charge in [-0.1, -0.05) is 0 Å². The lowest BCUT2D eigenvalue weighted by molar-refractivity contribution is -0.127. The van der Waals surface area contributed by atoms with Crippen LogP contribution in [0.3, 0.4) is 0 Å². The van der Waals surface area contributed by atoms with Crippen LogP contribution in [0.4, 0.5) is 0 Å². The van der Waals surface area contributed by atoms with Crippen molar-refractivity contribution in [1.29, 1.82) is 0 Å². The van der Waals surface area contributed by atoms with Gasteiger partial charge in [0, 0.05) is 62.4 Å². The molecule has 0 bridgehead atoms. The second-order valence-corrected chi connectivity index (χ2v) is 8.34. The average Bonchev–Trinajstić information content (AvgIpc) is 3.28. The highest BCUT2D eigenvalue weighted by Gasteiger charge is 2.38. The van der Waals surface area contributed by atoms with Crippen molar-refractivity contribution in [3.8, 4) is 0 Å². The first-order valence-corrected chi connectivity index (χ1v) is 9.64. The maximum absolute atomic E-state index is 12.3. The molecule has 138 valence electrons. The van der Waals surface area contributed by atoms with E-state index >= 15 is 0 Å². The number of likely N-dealkylation sites (tertiary alicyclic amines) is 1. The number of nitrogens with zero attached hydrogens (tertiary/aromatic N) is 5. The maximum Gasteiger partial charge on any atom is 0.223 e. The van der Waals surface area contributed by atoms with E-state index < -0.39 is 0 Å². The highest BCUT2D eigenvalue weighted by molar-refractivity contribution is 7.17. The zero-order chi connectivity index (χ0) is 18.4. The molecule has 0 spiro atoms. The van der Waals surface area contributed by atoms with Crippen LogP contribution in [-0.2, 0) is 18.4 Å². The molecule has 1 amide bonds. The minimum Gasteiger partial charge on any atom is -0.338 e. The molecule has 1 aliphatic rings. The summed E-state index contributed by atoms with van der Waals surface area (Å²) in [5.74, 6) is 0.437. The molecule has 0 aromatic carbocycles. The van der Waals surface area contributed by atoms with E-state index in [1.807, 2.05) is 31.4 Å². The van der Waals surface area contributed by atoms with Gasteiger partial charge in [-0.15, -0.1) is 11.3 Å². The van der Waals surface area contributed by atoms with Gasteiger partial charge < -0.3 is 10.2 Å². The van der Waals surface area contributed by atoms with E-state index in [1.165, 1.54) is 10.6 Å². The van der Waals surface area contributed by atoms with Gasteiger partial charge in [0.1, 0.15) is 0 Å². The molecule has 1 saturated heterocycles. The Morgan fingerprint density at radius 2 is 2.12 bits per heavy atom. The Kier molecular flexibility index (Phi) is 4.32. The van der Waals surface area contributed by atoms with Gasteiger partial charge in [0.2, 0.25) is 5.91 Å². The van der Waals surface area contributed by atoms with Crippen molar-refractivity contribution in [3.63, 3.8) is 0 Å². The van der Waals surface area contributed by atoms with Crippen LogP contribution in [0.1, 0.15) is 34.3 Å². The molecule has 7 nitrogen and oxygen atoms in total. The number of thiazole rings is 1. The van der Waals surface area contributed by atoms with Gasteiger partial charge in [-0.05, 0) is 13.8 Å². The Balaban J connectivity index is 1.47. The van der Waals surface area contributed by atoms with E-state index in [-0.39, 0.29) is 17.9 Å². The number of fused-ring (bicyclic) bond motifs is 1. The van der Waals surface area contributed by atoms with Crippen molar-refractivity contribution >= 4 is 22.2 Å². The molecule has 4 heterocycles. The van der Waals surface area contributed by atoms with Crippen LogP contribution in [0.2, 0.25) is 0 Å². The first-order chi connectivity index (χ1) is 12.4.